The fourth-order valence-electron chi connectivity index (χ4n) is 2.71. The van der Waals surface area contributed by atoms with Crippen LogP contribution in [0.5, 0.6) is 11.5 Å². The Morgan fingerprint density at radius 3 is 2.84 bits per heavy atom. The number of carbonyl (C=O) groups excluding carboxylic acids is 1. The summed E-state index contributed by atoms with van der Waals surface area (Å²) in [4.78, 5) is 12.1. The topological polar surface area (TPSA) is 47.6 Å². The average Bonchev–Trinajstić information content (AvgIpc) is 2.93. The van der Waals surface area contributed by atoms with E-state index in [1.165, 1.54) is 0 Å². The molecule has 102 valence electrons. The maximum atomic E-state index is 12.1. The van der Waals surface area contributed by atoms with Crippen molar-refractivity contribution in [2.75, 3.05) is 19.9 Å². The Hall–Kier alpha value is -1.55. The number of ether oxygens (including phenoxy) is 2. The highest BCUT2D eigenvalue weighted by atomic mass is 16.7. The number of piperidine rings is 1. The Bertz CT molecular complexity index is 466. The average molecular weight is 261 g/mol. The Labute approximate surface area is 113 Å². The maximum absolute atomic E-state index is 12.1. The summed E-state index contributed by atoms with van der Waals surface area (Å²) in [6, 6.07) is 5.92. The Balaban J connectivity index is 1.55. The van der Waals surface area contributed by atoms with Gasteiger partial charge in [0.2, 0.25) is 6.79 Å². The molecule has 0 spiro atoms. The molecular weight excluding hydrogens is 242 g/mol. The molecule has 2 heterocycles. The van der Waals surface area contributed by atoms with Crippen molar-refractivity contribution in [3.8, 4) is 11.5 Å². The van der Waals surface area contributed by atoms with E-state index in [-0.39, 0.29) is 5.92 Å². The van der Waals surface area contributed by atoms with E-state index in [1.54, 1.807) is 0 Å². The van der Waals surface area contributed by atoms with E-state index in [4.69, 9.17) is 9.47 Å². The molecule has 0 saturated carbocycles. The highest BCUT2D eigenvalue weighted by Gasteiger charge is 2.20. The Morgan fingerprint density at radius 2 is 2.00 bits per heavy atom. The zero-order chi connectivity index (χ0) is 13.1. The van der Waals surface area contributed by atoms with Crippen molar-refractivity contribution >= 4 is 5.78 Å². The molecular formula is C15H19NO3. The van der Waals surface area contributed by atoms with Gasteiger partial charge in [-0.05, 0) is 50.0 Å². The Kier molecular flexibility index (Phi) is 3.69. The van der Waals surface area contributed by atoms with E-state index in [0.29, 0.717) is 19.0 Å². The number of benzene rings is 1. The van der Waals surface area contributed by atoms with Gasteiger partial charge in [0, 0.05) is 12.3 Å². The number of ketones is 1. The van der Waals surface area contributed by atoms with Crippen LogP contribution in [-0.2, 0) is 11.2 Å². The molecule has 4 heteroatoms. The third kappa shape index (κ3) is 2.89. The lowest BCUT2D eigenvalue weighted by Crippen LogP contribution is -2.31. The van der Waals surface area contributed by atoms with Crippen LogP contribution >= 0.6 is 0 Å². The van der Waals surface area contributed by atoms with E-state index in [2.05, 4.69) is 5.32 Å². The summed E-state index contributed by atoms with van der Waals surface area (Å²) in [6.45, 7) is 2.24. The molecule has 3 rings (SSSR count). The molecule has 0 atom stereocenters. The second-order valence-electron chi connectivity index (χ2n) is 5.18. The minimum Gasteiger partial charge on any atom is -0.454 e. The zero-order valence-corrected chi connectivity index (χ0v) is 11.0. The van der Waals surface area contributed by atoms with Gasteiger partial charge in [-0.3, -0.25) is 4.79 Å². The van der Waals surface area contributed by atoms with Gasteiger partial charge >= 0.3 is 0 Å². The maximum Gasteiger partial charge on any atom is 0.231 e. The van der Waals surface area contributed by atoms with Crippen LogP contribution in [0.15, 0.2) is 18.2 Å². The van der Waals surface area contributed by atoms with E-state index >= 15 is 0 Å². The van der Waals surface area contributed by atoms with Gasteiger partial charge in [0.25, 0.3) is 0 Å². The van der Waals surface area contributed by atoms with Gasteiger partial charge in [-0.1, -0.05) is 6.07 Å². The van der Waals surface area contributed by atoms with E-state index < -0.39 is 0 Å². The number of carbonyl (C=O) groups is 1. The van der Waals surface area contributed by atoms with Gasteiger partial charge in [-0.15, -0.1) is 0 Å². The highest BCUT2D eigenvalue weighted by molar-refractivity contribution is 5.81. The molecule has 0 radical (unpaired) electrons. The summed E-state index contributed by atoms with van der Waals surface area (Å²) in [5.74, 6) is 2.26. The zero-order valence-electron chi connectivity index (χ0n) is 11.0. The summed E-state index contributed by atoms with van der Waals surface area (Å²) < 4.78 is 10.6. The number of fused-ring (bicyclic) bond motifs is 1. The van der Waals surface area contributed by atoms with Gasteiger partial charge in [-0.25, -0.2) is 0 Å². The van der Waals surface area contributed by atoms with Crippen molar-refractivity contribution < 1.29 is 14.3 Å². The smallest absolute Gasteiger partial charge is 0.231 e. The summed E-state index contributed by atoms with van der Waals surface area (Å²) in [5, 5.41) is 3.29. The van der Waals surface area contributed by atoms with Crippen molar-refractivity contribution in [2.45, 2.75) is 25.7 Å². The van der Waals surface area contributed by atoms with Crippen LogP contribution in [0.3, 0.4) is 0 Å². The Morgan fingerprint density at radius 1 is 1.21 bits per heavy atom. The molecule has 0 unspecified atom stereocenters. The van der Waals surface area contributed by atoms with E-state index in [1.807, 2.05) is 18.2 Å². The van der Waals surface area contributed by atoms with Crippen molar-refractivity contribution in [3.63, 3.8) is 0 Å². The first-order valence-electron chi connectivity index (χ1n) is 6.95. The summed E-state index contributed by atoms with van der Waals surface area (Å²) >= 11 is 0. The molecule has 0 bridgehead atoms. The van der Waals surface area contributed by atoms with Gasteiger partial charge in [0.1, 0.15) is 5.78 Å². The van der Waals surface area contributed by atoms with Crippen molar-refractivity contribution in [1.82, 2.24) is 5.32 Å². The molecule has 1 N–H and O–H groups in total. The van der Waals surface area contributed by atoms with Gasteiger partial charge < -0.3 is 14.8 Å². The third-order valence-corrected chi connectivity index (χ3v) is 3.89. The molecule has 0 aliphatic carbocycles. The van der Waals surface area contributed by atoms with Crippen LogP contribution in [0.1, 0.15) is 24.8 Å². The second kappa shape index (κ2) is 5.61. The first-order valence-corrected chi connectivity index (χ1v) is 6.95. The van der Waals surface area contributed by atoms with E-state index in [0.717, 1.165) is 49.4 Å². The summed E-state index contributed by atoms with van der Waals surface area (Å²) in [5.41, 5.74) is 1.14. The quantitative estimate of drug-likeness (QED) is 0.899. The molecule has 2 aliphatic heterocycles. The second-order valence-corrected chi connectivity index (χ2v) is 5.18. The SMILES string of the molecule is O=C(CCc1ccc2c(c1)OCO2)C1CCNCC1. The number of hydrogen-bond donors (Lipinski definition) is 1. The normalized spacial score (nSPS) is 18.5. The molecule has 1 aromatic rings. The first kappa shape index (κ1) is 12.5. The van der Waals surface area contributed by atoms with Crippen molar-refractivity contribution in [3.05, 3.63) is 23.8 Å². The molecule has 1 saturated heterocycles. The first-order chi connectivity index (χ1) is 9.33. The minimum absolute atomic E-state index is 0.260. The van der Waals surface area contributed by atoms with Crippen LogP contribution in [0, 0.1) is 5.92 Å². The molecule has 0 amide bonds. The number of hydrogen-bond acceptors (Lipinski definition) is 4. The number of rotatable bonds is 4. The van der Waals surface area contributed by atoms with Crippen LogP contribution in [-0.4, -0.2) is 25.7 Å². The predicted molar refractivity (Wildman–Crippen MR) is 71.5 cm³/mol. The molecule has 2 aliphatic rings. The third-order valence-electron chi connectivity index (χ3n) is 3.89. The monoisotopic (exact) mass is 261 g/mol. The summed E-state index contributed by atoms with van der Waals surface area (Å²) in [7, 11) is 0. The largest absolute Gasteiger partial charge is 0.454 e. The van der Waals surface area contributed by atoms with Crippen LogP contribution in [0.2, 0.25) is 0 Å². The van der Waals surface area contributed by atoms with Crippen LogP contribution in [0.4, 0.5) is 0 Å². The van der Waals surface area contributed by atoms with E-state index in [9.17, 15) is 4.79 Å². The molecule has 19 heavy (non-hydrogen) atoms. The highest BCUT2D eigenvalue weighted by Crippen LogP contribution is 2.32. The fraction of sp³-hybridized carbons (Fsp3) is 0.533. The molecule has 0 aromatic heterocycles. The predicted octanol–water partition coefficient (Wildman–Crippen LogP) is 1.92. The molecule has 4 nitrogen and oxygen atoms in total. The van der Waals surface area contributed by atoms with Crippen molar-refractivity contribution in [2.24, 2.45) is 5.92 Å². The lowest BCUT2D eigenvalue weighted by molar-refractivity contribution is -0.123. The fourth-order valence-corrected chi connectivity index (χ4v) is 2.71. The van der Waals surface area contributed by atoms with Gasteiger partial charge in [-0.2, -0.15) is 0 Å². The van der Waals surface area contributed by atoms with Crippen LogP contribution in [0.25, 0.3) is 0 Å². The number of nitrogens with one attached hydrogen (secondary N) is 1. The molecule has 1 aromatic carbocycles. The lowest BCUT2D eigenvalue weighted by Gasteiger charge is -2.21. The minimum atomic E-state index is 0.260. The van der Waals surface area contributed by atoms with Gasteiger partial charge in [0.05, 0.1) is 0 Å². The number of Topliss-reactive ketones (excluding diaryl/α,β-unsaturated/α-hetero) is 1. The van der Waals surface area contributed by atoms with Gasteiger partial charge in [0.15, 0.2) is 11.5 Å². The molecule has 1 fully saturated rings. The lowest BCUT2D eigenvalue weighted by atomic mass is 9.90. The van der Waals surface area contributed by atoms with Crippen molar-refractivity contribution in [1.29, 1.82) is 0 Å². The standard InChI is InChI=1S/C15H19NO3/c17-13(12-5-7-16-8-6-12)3-1-11-2-4-14-15(9-11)19-10-18-14/h2,4,9,12,16H,1,3,5-8,10H2. The summed E-state index contributed by atoms with van der Waals surface area (Å²) in [6.07, 6.45) is 3.39. The number of aryl methyl sites for hydroxylation is 1. The van der Waals surface area contributed by atoms with Crippen LogP contribution < -0.4 is 14.8 Å².